The number of nitrogens with zero attached hydrogens (tertiary/aromatic N) is 1. The first-order valence-electron chi connectivity index (χ1n) is 12.9. The summed E-state index contributed by atoms with van der Waals surface area (Å²) in [6, 6.07) is 18.1. The number of benzene rings is 2. The lowest BCUT2D eigenvalue weighted by Gasteiger charge is -2.24. The fourth-order valence-corrected chi connectivity index (χ4v) is 2.48. The van der Waals surface area contributed by atoms with Crippen molar-refractivity contribution >= 4 is 23.6 Å². The van der Waals surface area contributed by atoms with E-state index in [1.807, 2.05) is 42.5 Å². The van der Waals surface area contributed by atoms with Crippen LogP contribution in [0.1, 0.15) is 39.7 Å². The van der Waals surface area contributed by atoms with Crippen molar-refractivity contribution in [3.05, 3.63) is 60.2 Å². The Balaban J connectivity index is 0.00000104. The van der Waals surface area contributed by atoms with Gasteiger partial charge in [0.05, 0.1) is 0 Å². The van der Waals surface area contributed by atoms with Crippen LogP contribution in [-0.4, -0.2) is 60.1 Å². The summed E-state index contributed by atoms with van der Waals surface area (Å²) in [7, 11) is 0. The zero-order chi connectivity index (χ0) is 33.3. The van der Waals surface area contributed by atoms with E-state index < -0.39 is 24.3 Å². The van der Waals surface area contributed by atoms with Gasteiger partial charge in [0.15, 0.2) is 5.96 Å². The fourth-order valence-electron chi connectivity index (χ4n) is 2.48. The van der Waals surface area contributed by atoms with E-state index in [1.165, 1.54) is 0 Å². The number of ether oxygens (including phenoxy) is 1. The summed E-state index contributed by atoms with van der Waals surface area (Å²) in [5.74, 6) is -3.26. The van der Waals surface area contributed by atoms with Gasteiger partial charge in [-0.3, -0.25) is 4.99 Å². The van der Waals surface area contributed by atoms with E-state index in [2.05, 4.69) is 50.5 Å². The number of nitrogens with one attached hydrogen (secondary N) is 2. The highest BCUT2D eigenvalue weighted by molar-refractivity contribution is 5.93. The lowest BCUT2D eigenvalue weighted by atomic mass is 9.94. The van der Waals surface area contributed by atoms with Crippen LogP contribution in [0.15, 0.2) is 59.6 Å². The average molecular weight is 625 g/mol. The number of guanidine groups is 1. The Morgan fingerprint density at radius 3 is 1.81 bits per heavy atom. The Morgan fingerprint density at radius 1 is 0.907 bits per heavy atom. The Hall–Kier alpha value is -4.01. The first kappa shape index (κ1) is 39.0. The molecule has 9 nitrogen and oxygen atoms in total. The molecule has 0 aliphatic rings. The average Bonchev–Trinajstić information content (AvgIpc) is 2.91. The molecule has 0 radical (unpaired) electrons. The van der Waals surface area contributed by atoms with Gasteiger partial charge in [0, 0.05) is 18.8 Å². The molecule has 43 heavy (non-hydrogen) atoms. The number of rotatable bonds is 10. The first-order valence-corrected chi connectivity index (χ1v) is 12.9. The molecule has 0 aromatic heterocycles. The molecule has 0 fully saturated rings. The summed E-state index contributed by atoms with van der Waals surface area (Å²) < 4.78 is 69.3. The van der Waals surface area contributed by atoms with Crippen molar-refractivity contribution in [2.75, 3.05) is 25.0 Å². The number of hydrogen-bond donors (Lipinski definition) is 5. The fraction of sp³-hybridized carbons (Fsp3) is 0.464. The van der Waals surface area contributed by atoms with Crippen LogP contribution in [0.2, 0.25) is 0 Å². The van der Waals surface area contributed by atoms with Gasteiger partial charge in [0.2, 0.25) is 0 Å². The molecule has 6 N–H and O–H groups in total. The van der Waals surface area contributed by atoms with Crippen LogP contribution in [0, 0.1) is 11.3 Å². The molecule has 0 aliphatic heterocycles. The number of anilines is 1. The molecule has 2 aromatic carbocycles. The predicted octanol–water partition coefficient (Wildman–Crippen LogP) is 5.92. The number of hydrogen-bond acceptors (Lipinski definition) is 5. The predicted molar refractivity (Wildman–Crippen MR) is 151 cm³/mol. The highest BCUT2D eigenvalue weighted by Gasteiger charge is 2.38. The van der Waals surface area contributed by atoms with Gasteiger partial charge < -0.3 is 31.3 Å². The highest BCUT2D eigenvalue weighted by Crippen LogP contribution is 2.18. The maximum Gasteiger partial charge on any atom is 0.490 e. The summed E-state index contributed by atoms with van der Waals surface area (Å²) in [6.45, 7) is 11.4. The molecule has 0 bridgehead atoms. The molecular weight excluding hydrogens is 586 g/mol. The topological polar surface area (TPSA) is 146 Å². The third-order valence-corrected chi connectivity index (χ3v) is 5.11. The molecule has 2 aromatic rings. The van der Waals surface area contributed by atoms with Crippen LogP contribution >= 0.6 is 0 Å². The third-order valence-electron chi connectivity index (χ3n) is 5.11. The SMILES string of the molecule is CC(C)CC/N=C(\NCC(C)(C)CN)Nc1ccc(OCc2ccccc2)cc1.O=C(O)C(F)(F)F.O=C(O)C(F)(F)F. The summed E-state index contributed by atoms with van der Waals surface area (Å²) in [6.07, 6.45) is -9.11. The number of halogens is 6. The molecule has 0 saturated carbocycles. The number of alkyl halides is 6. The van der Waals surface area contributed by atoms with Crippen molar-refractivity contribution in [3.63, 3.8) is 0 Å². The third kappa shape index (κ3) is 19.7. The van der Waals surface area contributed by atoms with E-state index in [1.54, 1.807) is 0 Å². The van der Waals surface area contributed by atoms with Gasteiger partial charge in [-0.05, 0) is 54.1 Å². The molecule has 0 spiro atoms. The Bertz CT molecular complexity index is 1100. The van der Waals surface area contributed by atoms with E-state index >= 15 is 0 Å². The van der Waals surface area contributed by atoms with E-state index in [0.29, 0.717) is 19.1 Å². The maximum absolute atomic E-state index is 10.6. The van der Waals surface area contributed by atoms with Gasteiger partial charge in [0.1, 0.15) is 12.4 Å². The van der Waals surface area contributed by atoms with Gasteiger partial charge >= 0.3 is 24.3 Å². The summed E-state index contributed by atoms with van der Waals surface area (Å²) in [5, 5.41) is 21.1. The molecule has 0 amide bonds. The molecule has 0 unspecified atom stereocenters. The zero-order valence-electron chi connectivity index (χ0n) is 24.2. The number of carbonyl (C=O) groups is 2. The van der Waals surface area contributed by atoms with Gasteiger partial charge in [0.25, 0.3) is 0 Å². The second-order valence-electron chi connectivity index (χ2n) is 10.2. The standard InChI is InChI=1S/C24H36N4O.2C2HF3O2/c1-19(2)14-15-26-23(27-18-24(3,4)17-25)28-21-10-12-22(13-11-21)29-16-20-8-6-5-7-9-20;2*3-2(4,5)1(6)7/h5-13,19H,14-18,25H2,1-4H3,(H2,26,27,28);2*(H,6,7). The van der Waals surface area contributed by atoms with Gasteiger partial charge in [-0.2, -0.15) is 26.3 Å². The molecule has 0 atom stereocenters. The Kier molecular flexibility index (Phi) is 16.8. The molecular formula is C28H38F6N4O5. The smallest absolute Gasteiger partial charge is 0.489 e. The van der Waals surface area contributed by atoms with Crippen molar-refractivity contribution in [1.82, 2.24) is 5.32 Å². The van der Waals surface area contributed by atoms with E-state index in [0.717, 1.165) is 42.5 Å². The highest BCUT2D eigenvalue weighted by atomic mass is 19.4. The van der Waals surface area contributed by atoms with Crippen LogP contribution in [-0.2, 0) is 16.2 Å². The minimum atomic E-state index is -5.08. The van der Waals surface area contributed by atoms with Crippen molar-refractivity contribution in [3.8, 4) is 5.75 Å². The van der Waals surface area contributed by atoms with Gasteiger partial charge in [-0.15, -0.1) is 0 Å². The number of carboxylic acid groups (broad SMARTS) is 2. The summed E-state index contributed by atoms with van der Waals surface area (Å²) in [5.41, 5.74) is 7.99. The quantitative estimate of drug-likeness (QED) is 0.124. The number of aliphatic imine (C=N–C) groups is 1. The molecule has 0 heterocycles. The van der Waals surface area contributed by atoms with Crippen LogP contribution in [0.4, 0.5) is 32.0 Å². The van der Waals surface area contributed by atoms with E-state index in [4.69, 9.17) is 35.3 Å². The minimum absolute atomic E-state index is 0.00956. The largest absolute Gasteiger partial charge is 0.490 e. The van der Waals surface area contributed by atoms with Crippen molar-refractivity contribution < 1.29 is 50.9 Å². The molecule has 242 valence electrons. The second kappa shape index (κ2) is 18.5. The Morgan fingerprint density at radius 2 is 1.40 bits per heavy atom. The zero-order valence-corrected chi connectivity index (χ0v) is 24.2. The first-order chi connectivity index (χ1) is 19.8. The number of carboxylic acids is 2. The van der Waals surface area contributed by atoms with Gasteiger partial charge in [-0.1, -0.05) is 58.0 Å². The van der Waals surface area contributed by atoms with E-state index in [9.17, 15) is 26.3 Å². The second-order valence-corrected chi connectivity index (χ2v) is 10.2. The van der Waals surface area contributed by atoms with Crippen LogP contribution < -0.4 is 21.1 Å². The minimum Gasteiger partial charge on any atom is -0.489 e. The Labute approximate surface area is 246 Å². The number of aliphatic carboxylic acids is 2. The lowest BCUT2D eigenvalue weighted by molar-refractivity contribution is -0.193. The van der Waals surface area contributed by atoms with Crippen LogP contribution in [0.25, 0.3) is 0 Å². The molecule has 15 heteroatoms. The normalized spacial score (nSPS) is 11.9. The summed E-state index contributed by atoms with van der Waals surface area (Å²) >= 11 is 0. The molecule has 2 rings (SSSR count). The monoisotopic (exact) mass is 624 g/mol. The summed E-state index contributed by atoms with van der Waals surface area (Å²) in [4.78, 5) is 22.5. The molecule has 0 aliphatic carbocycles. The van der Waals surface area contributed by atoms with Gasteiger partial charge in [-0.25, -0.2) is 9.59 Å². The lowest BCUT2D eigenvalue weighted by Crippen LogP contribution is -2.41. The molecule has 0 saturated heterocycles. The van der Waals surface area contributed by atoms with Crippen molar-refractivity contribution in [1.29, 1.82) is 0 Å². The maximum atomic E-state index is 10.6. The van der Waals surface area contributed by atoms with Crippen molar-refractivity contribution in [2.45, 2.75) is 53.1 Å². The van der Waals surface area contributed by atoms with Crippen molar-refractivity contribution in [2.24, 2.45) is 22.1 Å². The van der Waals surface area contributed by atoms with Crippen LogP contribution in [0.3, 0.4) is 0 Å². The number of nitrogens with two attached hydrogens (primary N) is 1. The van der Waals surface area contributed by atoms with Crippen LogP contribution in [0.5, 0.6) is 5.75 Å². The van der Waals surface area contributed by atoms with E-state index in [-0.39, 0.29) is 5.41 Å².